The predicted molar refractivity (Wildman–Crippen MR) is 41.4 cm³/mol. The molecule has 0 amide bonds. The minimum atomic E-state index is -0.474. The Labute approximate surface area is 65.3 Å². The van der Waals surface area contributed by atoms with Crippen molar-refractivity contribution in [2.24, 2.45) is 0 Å². The minimum Gasteiger partial charge on any atom is -0.228 e. The van der Waals surface area contributed by atoms with E-state index < -0.39 is 5.95 Å². The third-order valence-corrected chi connectivity index (χ3v) is 1.50. The van der Waals surface area contributed by atoms with Crippen LogP contribution in [0.3, 0.4) is 0 Å². The minimum absolute atomic E-state index is 0.00287. The number of rotatable bonds is 1. The Hall–Kier alpha value is -1.36. The van der Waals surface area contributed by atoms with Gasteiger partial charge in [0.05, 0.1) is 0 Å². The molecule has 0 saturated carbocycles. The van der Waals surface area contributed by atoms with Crippen molar-refractivity contribution in [1.29, 1.82) is 0 Å². The van der Waals surface area contributed by atoms with Crippen LogP contribution in [0.15, 0.2) is 18.3 Å². The number of hydrogen-bond acceptors (Lipinski definition) is 1. The van der Waals surface area contributed by atoms with Crippen LogP contribution in [0.5, 0.6) is 0 Å². The fraction of sp³-hybridized carbons (Fsp3) is 0.222. The summed E-state index contributed by atoms with van der Waals surface area (Å²) in [5.74, 6) is 2.07. The first-order chi connectivity index (χ1) is 5.24. The van der Waals surface area contributed by atoms with Gasteiger partial charge in [-0.05, 0) is 18.6 Å². The van der Waals surface area contributed by atoms with Gasteiger partial charge in [-0.2, -0.15) is 4.39 Å². The zero-order chi connectivity index (χ0) is 8.27. The van der Waals surface area contributed by atoms with E-state index in [0.29, 0.717) is 0 Å². The van der Waals surface area contributed by atoms with Gasteiger partial charge in [0.1, 0.15) is 0 Å². The van der Waals surface area contributed by atoms with Gasteiger partial charge < -0.3 is 0 Å². The van der Waals surface area contributed by atoms with Crippen LogP contribution in [0.2, 0.25) is 0 Å². The van der Waals surface area contributed by atoms with Crippen LogP contribution in [0.1, 0.15) is 18.4 Å². The summed E-state index contributed by atoms with van der Waals surface area (Å²) in [5, 5.41) is 0. The molecule has 1 unspecified atom stereocenters. The van der Waals surface area contributed by atoms with Crippen molar-refractivity contribution in [3.63, 3.8) is 0 Å². The number of aromatic nitrogens is 1. The molecule has 11 heavy (non-hydrogen) atoms. The zero-order valence-corrected chi connectivity index (χ0v) is 6.21. The van der Waals surface area contributed by atoms with E-state index in [9.17, 15) is 4.39 Å². The monoisotopic (exact) mass is 149 g/mol. The fourth-order valence-corrected chi connectivity index (χ4v) is 0.740. The third kappa shape index (κ3) is 1.78. The van der Waals surface area contributed by atoms with E-state index in [-0.39, 0.29) is 5.92 Å². The highest BCUT2D eigenvalue weighted by atomic mass is 19.1. The van der Waals surface area contributed by atoms with Crippen LogP contribution >= 0.6 is 0 Å². The molecule has 1 nitrogen and oxygen atoms in total. The zero-order valence-electron chi connectivity index (χ0n) is 6.21. The van der Waals surface area contributed by atoms with E-state index >= 15 is 0 Å². The van der Waals surface area contributed by atoms with E-state index in [4.69, 9.17) is 6.42 Å². The lowest BCUT2D eigenvalue weighted by atomic mass is 10.1. The molecule has 0 spiro atoms. The molecule has 1 heterocycles. The second-order valence-electron chi connectivity index (χ2n) is 2.30. The lowest BCUT2D eigenvalue weighted by Crippen LogP contribution is -1.91. The second-order valence-corrected chi connectivity index (χ2v) is 2.30. The molecule has 0 aromatic carbocycles. The van der Waals surface area contributed by atoms with Gasteiger partial charge in [0.15, 0.2) is 0 Å². The van der Waals surface area contributed by atoms with Gasteiger partial charge in [-0.15, -0.1) is 6.42 Å². The molecular formula is C9H8FN. The molecule has 1 rings (SSSR count). The highest BCUT2D eigenvalue weighted by Crippen LogP contribution is 2.11. The summed E-state index contributed by atoms with van der Waals surface area (Å²) in [5.41, 5.74) is 0.869. The van der Waals surface area contributed by atoms with Gasteiger partial charge in [-0.25, -0.2) is 4.98 Å². The lowest BCUT2D eigenvalue weighted by Gasteiger charge is -2.01. The Balaban J connectivity index is 2.92. The van der Waals surface area contributed by atoms with Gasteiger partial charge in [-0.3, -0.25) is 0 Å². The molecule has 1 aromatic heterocycles. The molecular weight excluding hydrogens is 141 g/mol. The summed E-state index contributed by atoms with van der Waals surface area (Å²) < 4.78 is 12.3. The molecule has 1 atom stereocenters. The standard InChI is InChI=1S/C9H8FN/c1-3-7(2)8-4-5-9(10)11-6-8/h1,4-7H,2H3. The van der Waals surface area contributed by atoms with Crippen molar-refractivity contribution in [2.75, 3.05) is 0 Å². The van der Waals surface area contributed by atoms with E-state index in [0.717, 1.165) is 5.56 Å². The number of pyridine rings is 1. The molecule has 0 saturated heterocycles. The topological polar surface area (TPSA) is 12.9 Å². The van der Waals surface area contributed by atoms with Crippen molar-refractivity contribution in [3.8, 4) is 12.3 Å². The molecule has 0 aliphatic carbocycles. The molecule has 0 bridgehead atoms. The number of nitrogens with zero attached hydrogens (tertiary/aromatic N) is 1. The van der Waals surface area contributed by atoms with Crippen LogP contribution in [0, 0.1) is 18.3 Å². The van der Waals surface area contributed by atoms with Crippen LogP contribution in [0.25, 0.3) is 0 Å². The molecule has 0 aliphatic rings. The summed E-state index contributed by atoms with van der Waals surface area (Å²) in [6, 6.07) is 2.95. The maximum atomic E-state index is 12.3. The number of halogens is 1. The molecule has 56 valence electrons. The Kier molecular flexibility index (Phi) is 2.22. The van der Waals surface area contributed by atoms with Crippen molar-refractivity contribution in [1.82, 2.24) is 4.98 Å². The smallest absolute Gasteiger partial charge is 0.212 e. The van der Waals surface area contributed by atoms with Gasteiger partial charge in [-0.1, -0.05) is 12.0 Å². The summed E-state index contributed by atoms with van der Waals surface area (Å²) >= 11 is 0. The average molecular weight is 149 g/mol. The first kappa shape index (κ1) is 7.74. The predicted octanol–water partition coefficient (Wildman–Crippen LogP) is 1.96. The molecule has 0 radical (unpaired) electrons. The molecule has 1 aromatic rings. The van der Waals surface area contributed by atoms with E-state index in [2.05, 4.69) is 10.9 Å². The summed E-state index contributed by atoms with van der Waals surface area (Å²) in [7, 11) is 0. The Morgan fingerprint density at radius 3 is 2.82 bits per heavy atom. The largest absolute Gasteiger partial charge is 0.228 e. The quantitative estimate of drug-likeness (QED) is 0.439. The average Bonchev–Trinajstić information content (AvgIpc) is 2.05. The summed E-state index contributed by atoms with van der Waals surface area (Å²) in [4.78, 5) is 3.49. The van der Waals surface area contributed by atoms with E-state index in [1.165, 1.54) is 12.3 Å². The van der Waals surface area contributed by atoms with Crippen LogP contribution in [0.4, 0.5) is 4.39 Å². The van der Waals surface area contributed by atoms with Gasteiger partial charge in [0, 0.05) is 12.1 Å². The van der Waals surface area contributed by atoms with Gasteiger partial charge in [0.2, 0.25) is 5.95 Å². The van der Waals surface area contributed by atoms with Crippen LogP contribution in [-0.4, -0.2) is 4.98 Å². The molecule has 0 fully saturated rings. The van der Waals surface area contributed by atoms with E-state index in [1.807, 2.05) is 6.92 Å². The van der Waals surface area contributed by atoms with Gasteiger partial charge >= 0.3 is 0 Å². The summed E-state index contributed by atoms with van der Waals surface area (Å²) in [6.45, 7) is 1.87. The molecule has 2 heteroatoms. The first-order valence-corrected chi connectivity index (χ1v) is 3.31. The van der Waals surface area contributed by atoms with Crippen molar-refractivity contribution in [2.45, 2.75) is 12.8 Å². The highest BCUT2D eigenvalue weighted by Gasteiger charge is 2.00. The Morgan fingerprint density at radius 2 is 2.36 bits per heavy atom. The number of hydrogen-bond donors (Lipinski definition) is 0. The Morgan fingerprint density at radius 1 is 1.64 bits per heavy atom. The normalized spacial score (nSPS) is 12.1. The Bertz CT molecular complexity index is 271. The SMILES string of the molecule is C#CC(C)c1ccc(F)nc1. The molecule has 0 aliphatic heterocycles. The van der Waals surface area contributed by atoms with Crippen molar-refractivity contribution < 1.29 is 4.39 Å². The van der Waals surface area contributed by atoms with Gasteiger partial charge in [0.25, 0.3) is 0 Å². The molecule has 0 N–H and O–H groups in total. The van der Waals surface area contributed by atoms with Crippen molar-refractivity contribution in [3.05, 3.63) is 29.8 Å². The third-order valence-electron chi connectivity index (χ3n) is 1.50. The van der Waals surface area contributed by atoms with E-state index in [1.54, 1.807) is 6.07 Å². The maximum Gasteiger partial charge on any atom is 0.212 e. The fourth-order valence-electron chi connectivity index (χ4n) is 0.740. The second kappa shape index (κ2) is 3.16. The van der Waals surface area contributed by atoms with Crippen LogP contribution in [-0.2, 0) is 0 Å². The maximum absolute atomic E-state index is 12.3. The lowest BCUT2D eigenvalue weighted by molar-refractivity contribution is 0.582. The summed E-state index contributed by atoms with van der Waals surface area (Å²) in [6.07, 6.45) is 6.63. The number of terminal acetylenes is 1. The van der Waals surface area contributed by atoms with Crippen LogP contribution < -0.4 is 0 Å². The first-order valence-electron chi connectivity index (χ1n) is 3.31. The van der Waals surface area contributed by atoms with Crippen molar-refractivity contribution >= 4 is 0 Å². The highest BCUT2D eigenvalue weighted by molar-refractivity contribution is 5.21.